The number of nitrogens with one attached hydrogen (secondary N) is 1. The van der Waals surface area contributed by atoms with E-state index in [0.717, 1.165) is 30.7 Å². The van der Waals surface area contributed by atoms with Gasteiger partial charge in [-0.1, -0.05) is 6.07 Å². The molecule has 19 heavy (non-hydrogen) atoms. The summed E-state index contributed by atoms with van der Waals surface area (Å²) in [6, 6.07) is 5.50. The molecule has 3 rings (SSSR count). The number of piperidine rings is 1. The van der Waals surface area contributed by atoms with Crippen LogP contribution in [0.15, 0.2) is 24.5 Å². The van der Waals surface area contributed by atoms with Crippen LogP contribution in [-0.2, 0) is 6.54 Å². The number of amides is 1. The first-order valence-electron chi connectivity index (χ1n) is 6.70. The summed E-state index contributed by atoms with van der Waals surface area (Å²) in [5, 5.41) is 3.41. The normalized spacial score (nSPS) is 19.7. The first-order chi connectivity index (χ1) is 9.25. The zero-order chi connectivity index (χ0) is 13.2. The third kappa shape index (κ3) is 2.33. The average molecular weight is 258 g/mol. The molecule has 5 nitrogen and oxygen atoms in total. The maximum Gasteiger partial charge on any atom is 0.250 e. The summed E-state index contributed by atoms with van der Waals surface area (Å²) < 4.78 is 2.06. The maximum atomic E-state index is 11.5. The second-order valence-electron chi connectivity index (χ2n) is 5.15. The molecule has 1 aromatic heterocycles. The van der Waals surface area contributed by atoms with Crippen molar-refractivity contribution in [3.63, 3.8) is 0 Å². The highest BCUT2D eigenvalue weighted by Gasteiger charge is 2.17. The van der Waals surface area contributed by atoms with E-state index in [-0.39, 0.29) is 0 Å². The molecule has 1 atom stereocenters. The van der Waals surface area contributed by atoms with Crippen molar-refractivity contribution in [3.05, 3.63) is 30.1 Å². The topological polar surface area (TPSA) is 72.9 Å². The molecule has 1 aromatic carbocycles. The number of para-hydroxylation sites is 1. The third-order valence-electron chi connectivity index (χ3n) is 3.76. The van der Waals surface area contributed by atoms with Gasteiger partial charge in [0.15, 0.2) is 0 Å². The molecule has 1 amide bonds. The first-order valence-corrected chi connectivity index (χ1v) is 6.70. The van der Waals surface area contributed by atoms with E-state index in [1.54, 1.807) is 6.07 Å². The van der Waals surface area contributed by atoms with E-state index in [4.69, 9.17) is 5.73 Å². The SMILES string of the molecule is NC(=O)c1cccc2ncn(CC3CCCNC3)c12. The van der Waals surface area contributed by atoms with Crippen LogP contribution in [0.3, 0.4) is 0 Å². The van der Waals surface area contributed by atoms with Gasteiger partial charge in [0, 0.05) is 6.54 Å². The number of hydrogen-bond donors (Lipinski definition) is 2. The Morgan fingerprint density at radius 2 is 2.42 bits per heavy atom. The molecule has 5 heteroatoms. The molecule has 100 valence electrons. The molecule has 1 aliphatic heterocycles. The van der Waals surface area contributed by atoms with Crippen LogP contribution in [-0.4, -0.2) is 28.5 Å². The van der Waals surface area contributed by atoms with Gasteiger partial charge in [-0.25, -0.2) is 4.98 Å². The Bertz CT molecular complexity index is 599. The van der Waals surface area contributed by atoms with E-state index in [1.807, 2.05) is 18.5 Å². The molecule has 1 aliphatic rings. The van der Waals surface area contributed by atoms with E-state index in [9.17, 15) is 4.79 Å². The number of rotatable bonds is 3. The molecule has 0 spiro atoms. The van der Waals surface area contributed by atoms with E-state index in [0.29, 0.717) is 11.5 Å². The highest BCUT2D eigenvalue weighted by atomic mass is 16.1. The Balaban J connectivity index is 1.96. The lowest BCUT2D eigenvalue weighted by atomic mass is 9.99. The second-order valence-corrected chi connectivity index (χ2v) is 5.15. The number of nitrogens with zero attached hydrogens (tertiary/aromatic N) is 2. The molecule has 1 fully saturated rings. The van der Waals surface area contributed by atoms with Crippen molar-refractivity contribution >= 4 is 16.9 Å². The summed E-state index contributed by atoms with van der Waals surface area (Å²) in [4.78, 5) is 15.9. The summed E-state index contributed by atoms with van der Waals surface area (Å²) >= 11 is 0. The van der Waals surface area contributed by atoms with Gasteiger partial charge >= 0.3 is 0 Å². The summed E-state index contributed by atoms with van der Waals surface area (Å²) in [7, 11) is 0. The number of fused-ring (bicyclic) bond motifs is 1. The zero-order valence-electron chi connectivity index (χ0n) is 10.8. The van der Waals surface area contributed by atoms with Gasteiger partial charge in [-0.2, -0.15) is 0 Å². The number of primary amides is 1. The van der Waals surface area contributed by atoms with Crippen molar-refractivity contribution in [1.82, 2.24) is 14.9 Å². The fourth-order valence-electron chi connectivity index (χ4n) is 2.82. The highest BCUT2D eigenvalue weighted by molar-refractivity contribution is 6.04. The molecule has 1 saturated heterocycles. The van der Waals surface area contributed by atoms with Crippen LogP contribution in [0.4, 0.5) is 0 Å². The van der Waals surface area contributed by atoms with E-state index in [2.05, 4.69) is 14.9 Å². The number of hydrogen-bond acceptors (Lipinski definition) is 3. The molecule has 0 bridgehead atoms. The van der Waals surface area contributed by atoms with Gasteiger partial charge in [-0.3, -0.25) is 4.79 Å². The molecule has 2 aromatic rings. The number of imidazole rings is 1. The number of nitrogens with two attached hydrogens (primary N) is 1. The van der Waals surface area contributed by atoms with Crippen molar-refractivity contribution in [2.24, 2.45) is 11.7 Å². The molecule has 3 N–H and O–H groups in total. The minimum Gasteiger partial charge on any atom is -0.366 e. The Morgan fingerprint density at radius 3 is 3.16 bits per heavy atom. The summed E-state index contributed by atoms with van der Waals surface area (Å²) in [5.41, 5.74) is 7.70. The average Bonchev–Trinajstić information content (AvgIpc) is 2.83. The van der Waals surface area contributed by atoms with Gasteiger partial charge in [-0.05, 0) is 44.0 Å². The van der Waals surface area contributed by atoms with Crippen molar-refractivity contribution in [1.29, 1.82) is 0 Å². The lowest BCUT2D eigenvalue weighted by Gasteiger charge is -2.23. The number of carbonyl (C=O) groups excluding carboxylic acids is 1. The van der Waals surface area contributed by atoms with Crippen molar-refractivity contribution < 1.29 is 4.79 Å². The molecular weight excluding hydrogens is 240 g/mol. The van der Waals surface area contributed by atoms with Gasteiger partial charge in [0.2, 0.25) is 0 Å². The van der Waals surface area contributed by atoms with Crippen molar-refractivity contribution in [3.8, 4) is 0 Å². The molecule has 2 heterocycles. The molecule has 0 aliphatic carbocycles. The minimum absolute atomic E-state index is 0.394. The Labute approximate surface area is 111 Å². The van der Waals surface area contributed by atoms with Crippen LogP contribution in [0.5, 0.6) is 0 Å². The first kappa shape index (κ1) is 12.2. The Morgan fingerprint density at radius 1 is 1.53 bits per heavy atom. The Hall–Kier alpha value is -1.88. The number of carbonyl (C=O) groups is 1. The molecular formula is C14H18N4O. The predicted octanol–water partition coefficient (Wildman–Crippen LogP) is 1.13. The van der Waals surface area contributed by atoms with Crippen LogP contribution in [0.2, 0.25) is 0 Å². The largest absolute Gasteiger partial charge is 0.366 e. The lowest BCUT2D eigenvalue weighted by Crippen LogP contribution is -2.32. The van der Waals surface area contributed by atoms with E-state index in [1.165, 1.54) is 12.8 Å². The maximum absolute atomic E-state index is 11.5. The smallest absolute Gasteiger partial charge is 0.250 e. The Kier molecular flexibility index (Phi) is 3.21. The summed E-state index contributed by atoms with van der Waals surface area (Å²) in [6.45, 7) is 3.01. The quantitative estimate of drug-likeness (QED) is 0.867. The van der Waals surface area contributed by atoms with Crippen LogP contribution in [0.1, 0.15) is 23.2 Å². The van der Waals surface area contributed by atoms with Gasteiger partial charge in [0.25, 0.3) is 5.91 Å². The summed E-state index contributed by atoms with van der Waals surface area (Å²) in [5.74, 6) is 0.196. The second kappa shape index (κ2) is 5.01. The predicted molar refractivity (Wildman–Crippen MR) is 73.8 cm³/mol. The van der Waals surface area contributed by atoms with Crippen LogP contribution < -0.4 is 11.1 Å². The monoisotopic (exact) mass is 258 g/mol. The summed E-state index contributed by atoms with van der Waals surface area (Å²) in [6.07, 6.45) is 4.23. The lowest BCUT2D eigenvalue weighted by molar-refractivity contribution is 0.100. The van der Waals surface area contributed by atoms with Crippen LogP contribution in [0.25, 0.3) is 11.0 Å². The highest BCUT2D eigenvalue weighted by Crippen LogP contribution is 2.21. The molecule has 0 radical (unpaired) electrons. The van der Waals surface area contributed by atoms with Crippen molar-refractivity contribution in [2.75, 3.05) is 13.1 Å². The minimum atomic E-state index is -0.394. The third-order valence-corrected chi connectivity index (χ3v) is 3.76. The number of aromatic nitrogens is 2. The van der Waals surface area contributed by atoms with Crippen molar-refractivity contribution in [2.45, 2.75) is 19.4 Å². The van der Waals surface area contributed by atoms with Crippen LogP contribution in [0, 0.1) is 5.92 Å². The fraction of sp³-hybridized carbons (Fsp3) is 0.429. The van der Waals surface area contributed by atoms with Crippen LogP contribution >= 0.6 is 0 Å². The van der Waals surface area contributed by atoms with Gasteiger partial charge in [0.05, 0.1) is 22.9 Å². The van der Waals surface area contributed by atoms with Gasteiger partial charge < -0.3 is 15.6 Å². The van der Waals surface area contributed by atoms with E-state index >= 15 is 0 Å². The molecule has 0 saturated carbocycles. The zero-order valence-corrected chi connectivity index (χ0v) is 10.8. The molecule has 1 unspecified atom stereocenters. The fourth-order valence-corrected chi connectivity index (χ4v) is 2.82. The number of benzene rings is 1. The van der Waals surface area contributed by atoms with Gasteiger partial charge in [-0.15, -0.1) is 0 Å². The van der Waals surface area contributed by atoms with E-state index < -0.39 is 5.91 Å². The van der Waals surface area contributed by atoms with Gasteiger partial charge in [0.1, 0.15) is 0 Å². The standard InChI is InChI=1S/C14H18N4O/c15-14(19)11-4-1-5-12-13(11)18(9-17-12)8-10-3-2-6-16-7-10/h1,4-5,9-10,16H,2-3,6-8H2,(H2,15,19).